The van der Waals surface area contributed by atoms with E-state index in [2.05, 4.69) is 203 Å². The van der Waals surface area contributed by atoms with Crippen LogP contribution >= 0.6 is 0 Å². The number of para-hydroxylation sites is 4. The molecule has 0 saturated carbocycles. The van der Waals surface area contributed by atoms with Crippen LogP contribution in [0.25, 0.3) is 88.4 Å². The lowest BCUT2D eigenvalue weighted by Gasteiger charge is -2.17. The summed E-state index contributed by atoms with van der Waals surface area (Å²) in [5, 5.41) is 5.00. The Bertz CT molecular complexity index is 2840. The van der Waals surface area contributed by atoms with Crippen LogP contribution in [0, 0.1) is 0 Å². The molecule has 0 bridgehead atoms. The van der Waals surface area contributed by atoms with Gasteiger partial charge in [0.05, 0.1) is 27.8 Å². The molecule has 0 saturated heterocycles. The minimum absolute atomic E-state index is 1.16. The van der Waals surface area contributed by atoms with E-state index in [0.717, 1.165) is 11.4 Å². The van der Waals surface area contributed by atoms with E-state index in [1.165, 1.54) is 77.0 Å². The monoisotopic (exact) mass is 636 g/mol. The van der Waals surface area contributed by atoms with E-state index in [1.807, 2.05) is 0 Å². The molecule has 10 aromatic rings. The Hall–Kier alpha value is -6.64. The van der Waals surface area contributed by atoms with E-state index in [9.17, 15) is 0 Å². The minimum Gasteiger partial charge on any atom is -0.309 e. The third kappa shape index (κ3) is 4.43. The molecule has 0 radical (unpaired) electrons. The van der Waals surface area contributed by atoms with Gasteiger partial charge in [-0.15, -0.1) is 0 Å². The number of aromatic nitrogens is 2. The number of rotatable bonds is 5. The molecule has 2 heteroatoms. The molecular weight excluding hydrogens is 605 g/mol. The molecular formula is C48H32N2. The molecule has 10 rings (SSSR count). The average molecular weight is 637 g/mol. The largest absolute Gasteiger partial charge is 0.309 e. The molecule has 2 aromatic heterocycles. The molecule has 0 aliphatic carbocycles. The first-order valence-corrected chi connectivity index (χ1v) is 17.2. The number of benzene rings is 8. The van der Waals surface area contributed by atoms with E-state index >= 15 is 0 Å². The van der Waals surface area contributed by atoms with Crippen molar-refractivity contribution >= 4 is 43.6 Å². The zero-order valence-electron chi connectivity index (χ0n) is 27.4. The number of hydrogen-bond donors (Lipinski definition) is 0. The van der Waals surface area contributed by atoms with Gasteiger partial charge in [0.2, 0.25) is 0 Å². The van der Waals surface area contributed by atoms with Crippen LogP contribution in [0.15, 0.2) is 194 Å². The van der Waals surface area contributed by atoms with E-state index in [-0.39, 0.29) is 0 Å². The molecule has 0 aliphatic heterocycles. The fourth-order valence-electron chi connectivity index (χ4n) is 7.88. The molecule has 0 aliphatic rings. The van der Waals surface area contributed by atoms with Crippen LogP contribution in [-0.4, -0.2) is 9.13 Å². The number of hydrogen-bond acceptors (Lipinski definition) is 0. The van der Waals surface area contributed by atoms with Crippen LogP contribution < -0.4 is 0 Å². The van der Waals surface area contributed by atoms with Crippen molar-refractivity contribution in [3.8, 4) is 44.8 Å². The fraction of sp³-hybridized carbons (Fsp3) is 0. The van der Waals surface area contributed by atoms with Gasteiger partial charge in [0.15, 0.2) is 0 Å². The van der Waals surface area contributed by atoms with Crippen molar-refractivity contribution in [2.24, 2.45) is 0 Å². The summed E-state index contributed by atoms with van der Waals surface area (Å²) in [5.74, 6) is 0. The molecule has 2 heterocycles. The quantitative estimate of drug-likeness (QED) is 0.178. The summed E-state index contributed by atoms with van der Waals surface area (Å²) in [6.07, 6.45) is 0. The van der Waals surface area contributed by atoms with Gasteiger partial charge in [-0.2, -0.15) is 0 Å². The van der Waals surface area contributed by atoms with Gasteiger partial charge in [0.1, 0.15) is 0 Å². The summed E-state index contributed by atoms with van der Waals surface area (Å²) in [6.45, 7) is 0. The molecule has 0 amide bonds. The highest BCUT2D eigenvalue weighted by Crippen LogP contribution is 2.42. The van der Waals surface area contributed by atoms with Gasteiger partial charge in [-0.3, -0.25) is 0 Å². The minimum atomic E-state index is 1.16. The Balaban J connectivity index is 1.27. The van der Waals surface area contributed by atoms with E-state index in [4.69, 9.17) is 0 Å². The molecule has 2 nitrogen and oxygen atoms in total. The van der Waals surface area contributed by atoms with Gasteiger partial charge in [-0.25, -0.2) is 0 Å². The molecule has 50 heavy (non-hydrogen) atoms. The summed E-state index contributed by atoms with van der Waals surface area (Å²) in [6, 6.07) is 70.4. The maximum atomic E-state index is 2.47. The molecule has 0 spiro atoms. The summed E-state index contributed by atoms with van der Waals surface area (Å²) in [7, 11) is 0. The highest BCUT2D eigenvalue weighted by molar-refractivity contribution is 6.15. The highest BCUT2D eigenvalue weighted by atomic mass is 15.0. The molecule has 0 unspecified atom stereocenters. The summed E-state index contributed by atoms with van der Waals surface area (Å²) >= 11 is 0. The average Bonchev–Trinajstić information content (AvgIpc) is 3.71. The second kappa shape index (κ2) is 11.5. The Kier molecular flexibility index (Phi) is 6.53. The molecule has 0 fully saturated rings. The van der Waals surface area contributed by atoms with Crippen molar-refractivity contribution in [3.05, 3.63) is 194 Å². The third-order valence-electron chi connectivity index (χ3n) is 10.1. The van der Waals surface area contributed by atoms with Crippen LogP contribution in [0.3, 0.4) is 0 Å². The first kappa shape index (κ1) is 28.4. The van der Waals surface area contributed by atoms with Gasteiger partial charge in [0.25, 0.3) is 0 Å². The van der Waals surface area contributed by atoms with E-state index < -0.39 is 0 Å². The summed E-state index contributed by atoms with van der Waals surface area (Å²) in [5.41, 5.74) is 14.3. The van der Waals surface area contributed by atoms with Crippen molar-refractivity contribution in [3.63, 3.8) is 0 Å². The first-order valence-electron chi connectivity index (χ1n) is 17.2. The molecule has 0 N–H and O–H groups in total. The zero-order chi connectivity index (χ0) is 33.0. The Labute approximate surface area is 290 Å². The summed E-state index contributed by atoms with van der Waals surface area (Å²) < 4.78 is 4.90. The van der Waals surface area contributed by atoms with E-state index in [0.29, 0.717) is 0 Å². The predicted octanol–water partition coefficient (Wildman–Crippen LogP) is 12.9. The van der Waals surface area contributed by atoms with Gasteiger partial charge in [0, 0.05) is 38.4 Å². The van der Waals surface area contributed by atoms with Gasteiger partial charge < -0.3 is 9.13 Å². The topological polar surface area (TPSA) is 9.86 Å². The zero-order valence-corrected chi connectivity index (χ0v) is 27.4. The lowest BCUT2D eigenvalue weighted by atomic mass is 9.97. The second-order valence-corrected chi connectivity index (χ2v) is 12.9. The van der Waals surface area contributed by atoms with Crippen LogP contribution in [0.2, 0.25) is 0 Å². The van der Waals surface area contributed by atoms with Gasteiger partial charge >= 0.3 is 0 Å². The Morgan fingerprint density at radius 2 is 0.840 bits per heavy atom. The Morgan fingerprint density at radius 3 is 1.58 bits per heavy atom. The van der Waals surface area contributed by atoms with Crippen LogP contribution in [0.1, 0.15) is 0 Å². The van der Waals surface area contributed by atoms with Crippen LogP contribution in [0.4, 0.5) is 0 Å². The van der Waals surface area contributed by atoms with Crippen LogP contribution in [0.5, 0.6) is 0 Å². The lowest BCUT2D eigenvalue weighted by Crippen LogP contribution is -1.98. The maximum Gasteiger partial charge on any atom is 0.0619 e. The predicted molar refractivity (Wildman–Crippen MR) is 211 cm³/mol. The molecule has 234 valence electrons. The normalized spacial score (nSPS) is 11.6. The Morgan fingerprint density at radius 1 is 0.280 bits per heavy atom. The fourth-order valence-corrected chi connectivity index (χ4v) is 7.88. The van der Waals surface area contributed by atoms with Crippen molar-refractivity contribution in [1.82, 2.24) is 9.13 Å². The third-order valence-corrected chi connectivity index (χ3v) is 10.1. The van der Waals surface area contributed by atoms with Gasteiger partial charge in [-0.05, 0) is 64.7 Å². The molecule has 0 atom stereocenters. The lowest BCUT2D eigenvalue weighted by molar-refractivity contribution is 1.18. The molecule has 8 aromatic carbocycles. The number of fused-ring (bicyclic) bond motifs is 6. The standard InChI is InChI=1S/C48H32N2/c1-4-15-33(16-5-1)35-28-30-46(43(31-35)34-17-6-2-7-18-34)50-45-26-13-10-21-39(45)41-29-27-36(32-47(41)50)38-23-14-24-42-40-22-11-12-25-44(40)49(48(38)42)37-19-8-3-9-20-37/h1-32H. The SMILES string of the molecule is c1ccc(-c2ccc(-n3c4ccccc4c4ccc(-c5cccc6c7ccccc7n(-c7ccccc7)c56)cc43)c(-c3ccccc3)c2)cc1. The first-order chi connectivity index (χ1) is 24.8. The van der Waals surface area contributed by atoms with E-state index in [1.54, 1.807) is 0 Å². The van der Waals surface area contributed by atoms with Crippen molar-refractivity contribution < 1.29 is 0 Å². The smallest absolute Gasteiger partial charge is 0.0619 e. The summed E-state index contributed by atoms with van der Waals surface area (Å²) in [4.78, 5) is 0. The second-order valence-electron chi connectivity index (χ2n) is 12.9. The number of nitrogens with zero attached hydrogens (tertiary/aromatic N) is 2. The van der Waals surface area contributed by atoms with Crippen molar-refractivity contribution in [1.29, 1.82) is 0 Å². The van der Waals surface area contributed by atoms with Crippen molar-refractivity contribution in [2.75, 3.05) is 0 Å². The van der Waals surface area contributed by atoms with Gasteiger partial charge in [-0.1, -0.05) is 152 Å². The van der Waals surface area contributed by atoms with Crippen molar-refractivity contribution in [2.45, 2.75) is 0 Å². The maximum absolute atomic E-state index is 2.47. The highest BCUT2D eigenvalue weighted by Gasteiger charge is 2.20. The van der Waals surface area contributed by atoms with Crippen LogP contribution in [-0.2, 0) is 0 Å².